The summed E-state index contributed by atoms with van der Waals surface area (Å²) in [4.78, 5) is 1.91. The maximum atomic E-state index is 13.5. The van der Waals surface area contributed by atoms with Crippen LogP contribution in [0, 0.1) is 5.82 Å². The Morgan fingerprint density at radius 1 is 0.897 bits per heavy atom. The summed E-state index contributed by atoms with van der Waals surface area (Å²) >= 11 is 0. The lowest BCUT2D eigenvalue weighted by Crippen LogP contribution is -2.22. The molecule has 0 heterocycles. The molecule has 0 bridgehead atoms. The minimum atomic E-state index is -4.38. The largest absolute Gasteiger partial charge is 0.486 e. The van der Waals surface area contributed by atoms with Crippen molar-refractivity contribution in [1.82, 2.24) is 0 Å². The van der Waals surface area contributed by atoms with Crippen LogP contribution in [0.15, 0.2) is 78.9 Å². The number of alkyl halides is 3. The smallest absolute Gasteiger partial charge is 0.416 e. The Bertz CT molecular complexity index is 910. The zero-order valence-corrected chi connectivity index (χ0v) is 15.9. The Labute approximate surface area is 167 Å². The van der Waals surface area contributed by atoms with E-state index in [1.54, 1.807) is 6.07 Å². The average molecular weight is 403 g/mol. The van der Waals surface area contributed by atoms with Gasteiger partial charge in [-0.1, -0.05) is 36.4 Å². The van der Waals surface area contributed by atoms with Gasteiger partial charge in [0, 0.05) is 25.7 Å². The third-order valence-corrected chi connectivity index (χ3v) is 4.61. The lowest BCUT2D eigenvalue weighted by Gasteiger charge is -2.25. The number of benzene rings is 3. The fourth-order valence-electron chi connectivity index (χ4n) is 3.00. The second-order valence-electron chi connectivity index (χ2n) is 6.73. The Morgan fingerprint density at radius 3 is 2.21 bits per heavy atom. The van der Waals surface area contributed by atoms with Gasteiger partial charge in [0.25, 0.3) is 0 Å². The van der Waals surface area contributed by atoms with Crippen molar-refractivity contribution in [1.29, 1.82) is 0 Å². The standard InChI is InChI=1S/C23H21F4NO/c1-28(20-9-5-8-19(24)16-20)15-14-22(17-6-3-2-4-7-17)29-21-12-10-18(11-13-21)23(25,26)27/h2-13,16,22H,14-15H2,1H3. The number of hydrogen-bond acceptors (Lipinski definition) is 2. The number of anilines is 1. The normalized spacial score (nSPS) is 12.4. The molecule has 0 spiro atoms. The third kappa shape index (κ3) is 5.73. The SMILES string of the molecule is CN(CCC(Oc1ccc(C(F)(F)F)cc1)c1ccccc1)c1cccc(F)c1. The molecule has 1 atom stereocenters. The van der Waals surface area contributed by atoms with Gasteiger partial charge in [0.1, 0.15) is 17.7 Å². The molecule has 0 fully saturated rings. The summed E-state index contributed by atoms with van der Waals surface area (Å²) < 4.78 is 57.8. The molecule has 3 aromatic rings. The lowest BCUT2D eigenvalue weighted by atomic mass is 10.1. The first-order valence-electron chi connectivity index (χ1n) is 9.18. The van der Waals surface area contributed by atoms with Crippen molar-refractivity contribution in [3.05, 3.63) is 95.8 Å². The van der Waals surface area contributed by atoms with E-state index in [1.165, 1.54) is 24.3 Å². The zero-order chi connectivity index (χ0) is 20.9. The quantitative estimate of drug-likeness (QED) is 0.418. The van der Waals surface area contributed by atoms with Crippen LogP contribution in [0.25, 0.3) is 0 Å². The molecular weight excluding hydrogens is 382 g/mol. The van der Waals surface area contributed by atoms with Crippen LogP contribution in [-0.4, -0.2) is 13.6 Å². The van der Waals surface area contributed by atoms with Gasteiger partial charge in [-0.05, 0) is 48.0 Å². The highest BCUT2D eigenvalue weighted by Gasteiger charge is 2.30. The predicted octanol–water partition coefficient (Wildman–Crippen LogP) is 6.49. The Hall–Kier alpha value is -3.02. The molecule has 2 nitrogen and oxygen atoms in total. The second kappa shape index (κ2) is 8.99. The molecule has 0 aliphatic heterocycles. The molecule has 152 valence electrons. The van der Waals surface area contributed by atoms with E-state index in [4.69, 9.17) is 4.74 Å². The van der Waals surface area contributed by atoms with Gasteiger partial charge < -0.3 is 9.64 Å². The van der Waals surface area contributed by atoms with E-state index in [-0.39, 0.29) is 11.9 Å². The molecule has 1 unspecified atom stereocenters. The van der Waals surface area contributed by atoms with E-state index >= 15 is 0 Å². The van der Waals surface area contributed by atoms with Crippen LogP contribution in [0.4, 0.5) is 23.2 Å². The van der Waals surface area contributed by atoms with E-state index in [9.17, 15) is 17.6 Å². The summed E-state index contributed by atoms with van der Waals surface area (Å²) in [5.41, 5.74) is 0.943. The van der Waals surface area contributed by atoms with Crippen LogP contribution in [0.5, 0.6) is 5.75 Å². The minimum Gasteiger partial charge on any atom is -0.486 e. The molecule has 3 rings (SSSR count). The van der Waals surface area contributed by atoms with Crippen molar-refractivity contribution >= 4 is 5.69 Å². The van der Waals surface area contributed by atoms with Gasteiger partial charge in [-0.25, -0.2) is 4.39 Å². The van der Waals surface area contributed by atoms with Crippen molar-refractivity contribution < 1.29 is 22.3 Å². The summed E-state index contributed by atoms with van der Waals surface area (Å²) in [6, 6.07) is 20.5. The monoisotopic (exact) mass is 403 g/mol. The zero-order valence-electron chi connectivity index (χ0n) is 15.9. The number of rotatable bonds is 7. The molecule has 0 saturated heterocycles. The van der Waals surface area contributed by atoms with Gasteiger partial charge in [-0.15, -0.1) is 0 Å². The molecular formula is C23H21F4NO. The van der Waals surface area contributed by atoms with Crippen molar-refractivity contribution in [3.8, 4) is 5.75 Å². The van der Waals surface area contributed by atoms with Crippen LogP contribution < -0.4 is 9.64 Å². The molecule has 0 aromatic heterocycles. The Kier molecular flexibility index (Phi) is 6.42. The van der Waals surface area contributed by atoms with Crippen LogP contribution in [0.1, 0.15) is 23.7 Å². The highest BCUT2D eigenvalue weighted by atomic mass is 19.4. The highest BCUT2D eigenvalue weighted by molar-refractivity contribution is 5.45. The topological polar surface area (TPSA) is 12.5 Å². The summed E-state index contributed by atoms with van der Waals surface area (Å²) in [5.74, 6) is 0.0511. The molecule has 6 heteroatoms. The van der Waals surface area contributed by atoms with Gasteiger partial charge in [0.15, 0.2) is 0 Å². The number of nitrogens with zero attached hydrogens (tertiary/aromatic N) is 1. The van der Waals surface area contributed by atoms with Crippen LogP contribution in [-0.2, 0) is 6.18 Å². The van der Waals surface area contributed by atoms with Crippen LogP contribution in [0.3, 0.4) is 0 Å². The minimum absolute atomic E-state index is 0.310. The number of hydrogen-bond donors (Lipinski definition) is 0. The maximum Gasteiger partial charge on any atom is 0.416 e. The maximum absolute atomic E-state index is 13.5. The molecule has 0 saturated carbocycles. The highest BCUT2D eigenvalue weighted by Crippen LogP contribution is 2.32. The Balaban J connectivity index is 1.73. The van der Waals surface area contributed by atoms with E-state index in [0.717, 1.165) is 23.4 Å². The van der Waals surface area contributed by atoms with Crippen molar-refractivity contribution in [3.63, 3.8) is 0 Å². The lowest BCUT2D eigenvalue weighted by molar-refractivity contribution is -0.137. The van der Waals surface area contributed by atoms with E-state index in [2.05, 4.69) is 0 Å². The molecule has 0 N–H and O–H groups in total. The molecule has 29 heavy (non-hydrogen) atoms. The third-order valence-electron chi connectivity index (χ3n) is 4.61. The second-order valence-corrected chi connectivity index (χ2v) is 6.73. The molecule has 0 amide bonds. The summed E-state index contributed by atoms with van der Waals surface area (Å²) in [5, 5.41) is 0. The molecule has 0 radical (unpaired) electrons. The van der Waals surface area contributed by atoms with E-state index in [0.29, 0.717) is 18.7 Å². The van der Waals surface area contributed by atoms with Gasteiger partial charge >= 0.3 is 6.18 Å². The van der Waals surface area contributed by atoms with E-state index in [1.807, 2.05) is 48.3 Å². The summed E-state index contributed by atoms with van der Waals surface area (Å²) in [7, 11) is 1.86. The van der Waals surface area contributed by atoms with Crippen molar-refractivity contribution in [2.24, 2.45) is 0 Å². The van der Waals surface area contributed by atoms with Gasteiger partial charge in [-0.2, -0.15) is 13.2 Å². The fourth-order valence-corrected chi connectivity index (χ4v) is 3.00. The molecule has 0 aliphatic carbocycles. The summed E-state index contributed by atoms with van der Waals surface area (Å²) in [6.07, 6.45) is -4.17. The van der Waals surface area contributed by atoms with Gasteiger partial charge in [-0.3, -0.25) is 0 Å². The van der Waals surface area contributed by atoms with Crippen molar-refractivity contribution in [2.45, 2.75) is 18.7 Å². The van der Waals surface area contributed by atoms with Crippen LogP contribution in [0.2, 0.25) is 0 Å². The van der Waals surface area contributed by atoms with Crippen molar-refractivity contribution in [2.75, 3.05) is 18.5 Å². The van der Waals surface area contributed by atoms with Crippen LogP contribution >= 0.6 is 0 Å². The first-order chi connectivity index (χ1) is 13.8. The first kappa shape index (κ1) is 20.7. The fraction of sp³-hybridized carbons (Fsp3) is 0.217. The Morgan fingerprint density at radius 2 is 1.59 bits per heavy atom. The van der Waals surface area contributed by atoms with E-state index < -0.39 is 11.7 Å². The number of ether oxygens (including phenoxy) is 1. The molecule has 0 aliphatic rings. The first-order valence-corrected chi connectivity index (χ1v) is 9.18. The van der Waals surface area contributed by atoms with Gasteiger partial charge in [0.05, 0.1) is 5.56 Å². The number of halogens is 4. The van der Waals surface area contributed by atoms with Gasteiger partial charge in [0.2, 0.25) is 0 Å². The predicted molar refractivity (Wildman–Crippen MR) is 106 cm³/mol. The summed E-state index contributed by atoms with van der Waals surface area (Å²) in [6.45, 7) is 0.573. The molecule has 3 aromatic carbocycles. The average Bonchev–Trinajstić information content (AvgIpc) is 2.71.